The Morgan fingerprint density at radius 1 is 1.14 bits per heavy atom. The smallest absolute Gasteiger partial charge is 0.193 e. The van der Waals surface area contributed by atoms with Crippen molar-refractivity contribution in [2.45, 2.75) is 12.8 Å². The first-order valence-electron chi connectivity index (χ1n) is 8.09. The van der Waals surface area contributed by atoms with Crippen LogP contribution in [0.1, 0.15) is 12.8 Å². The molecule has 4 nitrogen and oxygen atoms in total. The van der Waals surface area contributed by atoms with Gasteiger partial charge in [-0.05, 0) is 37.0 Å². The fourth-order valence-corrected chi connectivity index (χ4v) is 3.21. The molecule has 0 atom stereocenters. The molecule has 1 aliphatic rings. The lowest BCUT2D eigenvalue weighted by molar-refractivity contribution is 0.372. The lowest BCUT2D eigenvalue weighted by Crippen LogP contribution is -2.52. The zero-order chi connectivity index (χ0) is 15.6. The van der Waals surface area contributed by atoms with E-state index in [1.54, 1.807) is 0 Å². The van der Waals surface area contributed by atoms with Crippen LogP contribution in [0.3, 0.4) is 0 Å². The molecule has 1 aromatic rings. The molecule has 1 aromatic carbocycles. The summed E-state index contributed by atoms with van der Waals surface area (Å²) in [5.74, 6) is 2.30. The fourth-order valence-electron chi connectivity index (χ4n) is 2.72. The lowest BCUT2D eigenvalue weighted by atomic mass is 10.2. The van der Waals surface area contributed by atoms with E-state index in [1.165, 1.54) is 24.3 Å². The highest BCUT2D eigenvalue weighted by molar-refractivity contribution is 7.98. The van der Waals surface area contributed by atoms with E-state index < -0.39 is 0 Å². The van der Waals surface area contributed by atoms with Gasteiger partial charge in [0.2, 0.25) is 0 Å². The second kappa shape index (κ2) is 9.62. The van der Waals surface area contributed by atoms with Crippen LogP contribution in [0.4, 0.5) is 5.69 Å². The number of piperazine rings is 1. The van der Waals surface area contributed by atoms with Crippen LogP contribution in [0.5, 0.6) is 0 Å². The number of thioether (sulfide) groups is 1. The highest BCUT2D eigenvalue weighted by atomic mass is 32.2. The first kappa shape index (κ1) is 17.0. The van der Waals surface area contributed by atoms with Crippen LogP contribution in [0, 0.1) is 0 Å². The van der Waals surface area contributed by atoms with Crippen LogP contribution in [-0.2, 0) is 0 Å². The number of aliphatic imine (C=N–C) groups is 1. The maximum Gasteiger partial charge on any atom is 0.193 e. The second-order valence-corrected chi connectivity index (χ2v) is 6.47. The van der Waals surface area contributed by atoms with E-state index in [0.29, 0.717) is 0 Å². The molecule has 5 heteroatoms. The number of unbranched alkanes of at least 4 members (excludes halogenated alkanes) is 1. The van der Waals surface area contributed by atoms with Crippen molar-refractivity contribution in [3.63, 3.8) is 0 Å². The van der Waals surface area contributed by atoms with Gasteiger partial charge in [-0.25, -0.2) is 0 Å². The normalized spacial score (nSPS) is 16.0. The highest BCUT2D eigenvalue weighted by Crippen LogP contribution is 2.15. The number of rotatable bonds is 6. The van der Waals surface area contributed by atoms with Crippen molar-refractivity contribution in [1.82, 2.24) is 10.2 Å². The molecule has 0 amide bonds. The van der Waals surface area contributed by atoms with E-state index in [4.69, 9.17) is 0 Å². The standard InChI is InChI=1S/C17H28N4S/c1-18-17(19-10-6-7-15-22-2)21-13-11-20(12-14-21)16-8-4-3-5-9-16/h3-5,8-9H,6-7,10-15H2,1-2H3,(H,18,19). The van der Waals surface area contributed by atoms with Gasteiger partial charge in [0, 0.05) is 45.5 Å². The summed E-state index contributed by atoms with van der Waals surface area (Å²) in [6, 6.07) is 10.7. The Labute approximate surface area is 139 Å². The Balaban J connectivity index is 1.75. The molecule has 22 heavy (non-hydrogen) atoms. The van der Waals surface area contributed by atoms with Crippen LogP contribution < -0.4 is 10.2 Å². The minimum Gasteiger partial charge on any atom is -0.368 e. The molecule has 0 saturated carbocycles. The van der Waals surface area contributed by atoms with Gasteiger partial charge < -0.3 is 15.1 Å². The van der Waals surface area contributed by atoms with E-state index >= 15 is 0 Å². The van der Waals surface area contributed by atoms with E-state index in [2.05, 4.69) is 56.7 Å². The number of para-hydroxylation sites is 1. The zero-order valence-electron chi connectivity index (χ0n) is 13.8. The molecular weight excluding hydrogens is 292 g/mol. The molecule has 0 bridgehead atoms. The van der Waals surface area contributed by atoms with Gasteiger partial charge in [-0.1, -0.05) is 18.2 Å². The number of hydrogen-bond acceptors (Lipinski definition) is 3. The third kappa shape index (κ3) is 5.13. The van der Waals surface area contributed by atoms with Crippen LogP contribution in [-0.4, -0.2) is 62.6 Å². The minimum atomic E-state index is 1.02. The summed E-state index contributed by atoms with van der Waals surface area (Å²) in [6.45, 7) is 5.18. The Hall–Kier alpha value is -1.36. The summed E-state index contributed by atoms with van der Waals surface area (Å²) in [5.41, 5.74) is 1.32. The predicted octanol–water partition coefficient (Wildman–Crippen LogP) is 2.53. The zero-order valence-corrected chi connectivity index (χ0v) is 14.6. The lowest BCUT2D eigenvalue weighted by Gasteiger charge is -2.37. The number of anilines is 1. The van der Waals surface area contributed by atoms with Gasteiger partial charge in [-0.2, -0.15) is 11.8 Å². The minimum absolute atomic E-state index is 1.02. The Bertz CT molecular complexity index is 441. The van der Waals surface area contributed by atoms with Gasteiger partial charge in [0.25, 0.3) is 0 Å². The first-order chi connectivity index (χ1) is 10.8. The molecule has 0 aromatic heterocycles. The van der Waals surface area contributed by atoms with E-state index in [1.807, 2.05) is 18.8 Å². The van der Waals surface area contributed by atoms with Gasteiger partial charge in [-0.15, -0.1) is 0 Å². The third-order valence-corrected chi connectivity index (χ3v) is 4.67. The molecular formula is C17H28N4S. The van der Waals surface area contributed by atoms with Crippen LogP contribution >= 0.6 is 11.8 Å². The molecule has 1 aliphatic heterocycles. The molecule has 122 valence electrons. The van der Waals surface area contributed by atoms with E-state index in [0.717, 1.165) is 38.7 Å². The molecule has 0 spiro atoms. The monoisotopic (exact) mass is 320 g/mol. The molecule has 0 radical (unpaired) electrons. The summed E-state index contributed by atoms with van der Waals surface area (Å²) in [6.07, 6.45) is 4.65. The fraction of sp³-hybridized carbons (Fsp3) is 0.588. The average molecular weight is 321 g/mol. The quantitative estimate of drug-likeness (QED) is 0.496. The summed E-state index contributed by atoms with van der Waals surface area (Å²) in [5, 5.41) is 3.50. The molecule has 1 N–H and O–H groups in total. The molecule has 2 rings (SSSR count). The van der Waals surface area contributed by atoms with Crippen LogP contribution in [0.25, 0.3) is 0 Å². The third-order valence-electron chi connectivity index (χ3n) is 3.97. The van der Waals surface area contributed by atoms with Crippen molar-refractivity contribution >= 4 is 23.4 Å². The number of hydrogen-bond donors (Lipinski definition) is 1. The Morgan fingerprint density at radius 2 is 1.86 bits per heavy atom. The van der Waals surface area contributed by atoms with Crippen molar-refractivity contribution in [1.29, 1.82) is 0 Å². The largest absolute Gasteiger partial charge is 0.368 e. The SMILES string of the molecule is CN=C(NCCCCSC)N1CCN(c2ccccc2)CC1. The van der Waals surface area contributed by atoms with Gasteiger partial charge in [-0.3, -0.25) is 4.99 Å². The first-order valence-corrected chi connectivity index (χ1v) is 9.49. The number of benzene rings is 1. The van der Waals surface area contributed by atoms with Crippen molar-refractivity contribution in [3.8, 4) is 0 Å². The summed E-state index contributed by atoms with van der Waals surface area (Å²) in [4.78, 5) is 9.25. The average Bonchev–Trinajstić information content (AvgIpc) is 2.59. The summed E-state index contributed by atoms with van der Waals surface area (Å²) < 4.78 is 0. The summed E-state index contributed by atoms with van der Waals surface area (Å²) >= 11 is 1.92. The van der Waals surface area contributed by atoms with Gasteiger partial charge in [0.05, 0.1) is 0 Å². The van der Waals surface area contributed by atoms with Crippen LogP contribution in [0.2, 0.25) is 0 Å². The number of nitrogens with one attached hydrogen (secondary N) is 1. The molecule has 0 aliphatic carbocycles. The van der Waals surface area contributed by atoms with E-state index in [-0.39, 0.29) is 0 Å². The van der Waals surface area contributed by atoms with Crippen molar-refractivity contribution < 1.29 is 0 Å². The number of guanidine groups is 1. The molecule has 1 fully saturated rings. The maximum atomic E-state index is 4.44. The molecule has 0 unspecified atom stereocenters. The Kier molecular flexibility index (Phi) is 7.43. The predicted molar refractivity (Wildman–Crippen MR) is 99.2 cm³/mol. The maximum absolute atomic E-state index is 4.44. The van der Waals surface area contributed by atoms with Gasteiger partial charge >= 0.3 is 0 Å². The second-order valence-electron chi connectivity index (χ2n) is 5.48. The van der Waals surface area contributed by atoms with Crippen molar-refractivity contribution in [2.24, 2.45) is 4.99 Å². The van der Waals surface area contributed by atoms with E-state index in [9.17, 15) is 0 Å². The van der Waals surface area contributed by atoms with Gasteiger partial charge in [0.15, 0.2) is 5.96 Å². The van der Waals surface area contributed by atoms with Crippen molar-refractivity contribution in [3.05, 3.63) is 30.3 Å². The topological polar surface area (TPSA) is 30.9 Å². The summed E-state index contributed by atoms with van der Waals surface area (Å²) in [7, 11) is 1.88. The van der Waals surface area contributed by atoms with Gasteiger partial charge in [0.1, 0.15) is 0 Å². The van der Waals surface area contributed by atoms with Crippen molar-refractivity contribution in [2.75, 3.05) is 56.7 Å². The Morgan fingerprint density at radius 3 is 2.50 bits per heavy atom. The highest BCUT2D eigenvalue weighted by Gasteiger charge is 2.19. The number of nitrogens with zero attached hydrogens (tertiary/aromatic N) is 3. The van der Waals surface area contributed by atoms with Crippen LogP contribution in [0.15, 0.2) is 35.3 Å². The molecule has 1 heterocycles. The molecule has 1 saturated heterocycles.